The van der Waals surface area contributed by atoms with Gasteiger partial charge < -0.3 is 14.8 Å². The van der Waals surface area contributed by atoms with Crippen LogP contribution in [0.25, 0.3) is 0 Å². The third-order valence-corrected chi connectivity index (χ3v) is 4.77. The van der Waals surface area contributed by atoms with E-state index in [0.717, 1.165) is 38.8 Å². The van der Waals surface area contributed by atoms with Crippen LogP contribution in [0.3, 0.4) is 0 Å². The van der Waals surface area contributed by atoms with Gasteiger partial charge >= 0.3 is 0 Å². The molecule has 1 saturated carbocycles. The number of ether oxygens (including phenoxy) is 2. The summed E-state index contributed by atoms with van der Waals surface area (Å²) >= 11 is 0. The Bertz CT molecular complexity index is 288. The molecule has 2 saturated heterocycles. The second-order valence-electron chi connectivity index (χ2n) is 6.69. The lowest BCUT2D eigenvalue weighted by atomic mass is 9.96. The van der Waals surface area contributed by atoms with Gasteiger partial charge in [-0.1, -0.05) is 13.8 Å². The molecule has 0 aromatic carbocycles. The predicted molar refractivity (Wildman–Crippen MR) is 75.3 cm³/mol. The van der Waals surface area contributed by atoms with E-state index in [1.165, 1.54) is 19.4 Å². The Morgan fingerprint density at radius 2 is 2.11 bits per heavy atom. The first-order valence-corrected chi connectivity index (χ1v) is 7.91. The summed E-state index contributed by atoms with van der Waals surface area (Å²) in [5, 5.41) is 3.77. The summed E-state index contributed by atoms with van der Waals surface area (Å²) in [5.74, 6) is 1.62. The molecule has 2 heterocycles. The van der Waals surface area contributed by atoms with Gasteiger partial charge in [0.25, 0.3) is 0 Å². The Hall–Kier alpha value is -0.160. The van der Waals surface area contributed by atoms with Gasteiger partial charge in [-0.2, -0.15) is 0 Å². The minimum atomic E-state index is 0.271. The van der Waals surface area contributed by atoms with E-state index in [1.807, 2.05) is 0 Å². The van der Waals surface area contributed by atoms with E-state index in [0.29, 0.717) is 18.0 Å². The van der Waals surface area contributed by atoms with Crippen LogP contribution < -0.4 is 5.32 Å². The van der Waals surface area contributed by atoms with Crippen molar-refractivity contribution in [1.82, 2.24) is 10.2 Å². The van der Waals surface area contributed by atoms with E-state index in [-0.39, 0.29) is 6.10 Å². The third kappa shape index (κ3) is 3.48. The topological polar surface area (TPSA) is 33.7 Å². The Morgan fingerprint density at radius 3 is 2.74 bits per heavy atom. The Labute approximate surface area is 116 Å². The molecule has 0 aromatic rings. The molecule has 0 bridgehead atoms. The maximum atomic E-state index is 5.83. The normalized spacial score (nSPS) is 37.7. The first kappa shape index (κ1) is 13.8. The summed E-state index contributed by atoms with van der Waals surface area (Å²) in [6, 6.07) is 1.35. The molecule has 4 heteroatoms. The predicted octanol–water partition coefficient (Wildman–Crippen LogP) is 1.11. The van der Waals surface area contributed by atoms with Gasteiger partial charge in [0.05, 0.1) is 25.9 Å². The number of piperazine rings is 1. The largest absolute Gasteiger partial charge is 0.376 e. The smallest absolute Gasteiger partial charge is 0.0936 e. The van der Waals surface area contributed by atoms with Gasteiger partial charge in [0.2, 0.25) is 0 Å². The van der Waals surface area contributed by atoms with E-state index in [1.54, 1.807) is 0 Å². The highest BCUT2D eigenvalue weighted by Crippen LogP contribution is 2.34. The molecule has 1 N–H and O–H groups in total. The van der Waals surface area contributed by atoms with Crippen molar-refractivity contribution in [3.05, 3.63) is 0 Å². The second-order valence-corrected chi connectivity index (χ2v) is 6.69. The zero-order valence-corrected chi connectivity index (χ0v) is 12.3. The Morgan fingerprint density at radius 1 is 1.26 bits per heavy atom. The van der Waals surface area contributed by atoms with Gasteiger partial charge in [-0.15, -0.1) is 0 Å². The second kappa shape index (κ2) is 6.08. The lowest BCUT2D eigenvalue weighted by Gasteiger charge is -2.44. The van der Waals surface area contributed by atoms with Gasteiger partial charge in [-0.3, -0.25) is 4.90 Å². The minimum Gasteiger partial charge on any atom is -0.376 e. The minimum absolute atomic E-state index is 0.271. The van der Waals surface area contributed by atoms with Crippen LogP contribution in [-0.4, -0.2) is 62.5 Å². The summed E-state index contributed by atoms with van der Waals surface area (Å²) in [5.41, 5.74) is 0. The average Bonchev–Trinajstić information content (AvgIpc) is 3.24. The Kier molecular flexibility index (Phi) is 4.42. The van der Waals surface area contributed by atoms with Crippen LogP contribution in [0.2, 0.25) is 0 Å². The molecule has 19 heavy (non-hydrogen) atoms. The van der Waals surface area contributed by atoms with E-state index in [9.17, 15) is 0 Å². The zero-order chi connectivity index (χ0) is 13.2. The molecule has 0 spiro atoms. The van der Waals surface area contributed by atoms with Crippen LogP contribution in [-0.2, 0) is 9.47 Å². The van der Waals surface area contributed by atoms with E-state index < -0.39 is 0 Å². The first-order chi connectivity index (χ1) is 9.24. The van der Waals surface area contributed by atoms with Gasteiger partial charge in [0.1, 0.15) is 0 Å². The van der Waals surface area contributed by atoms with Crippen molar-refractivity contribution in [2.75, 3.05) is 39.5 Å². The molecule has 3 aliphatic rings. The highest BCUT2D eigenvalue weighted by molar-refractivity contribution is 4.95. The summed E-state index contributed by atoms with van der Waals surface area (Å²) in [6.07, 6.45) is 3.11. The molecule has 0 aromatic heterocycles. The highest BCUT2D eigenvalue weighted by atomic mass is 16.6. The van der Waals surface area contributed by atoms with Gasteiger partial charge in [0, 0.05) is 31.7 Å². The van der Waals surface area contributed by atoms with Crippen molar-refractivity contribution < 1.29 is 9.47 Å². The number of nitrogens with one attached hydrogen (secondary N) is 1. The molecular formula is C15H28N2O2. The molecule has 3 unspecified atom stereocenters. The monoisotopic (exact) mass is 268 g/mol. The fourth-order valence-electron chi connectivity index (χ4n) is 3.44. The standard InChI is InChI=1S/C15H28N2O2/c1-11(2)15-7-16-14(12-3-4-12)9-17(15)8-13-10-18-5-6-19-13/h11-16H,3-10H2,1-2H3. The van der Waals surface area contributed by atoms with E-state index in [4.69, 9.17) is 9.47 Å². The van der Waals surface area contributed by atoms with Crippen LogP contribution >= 0.6 is 0 Å². The maximum absolute atomic E-state index is 5.83. The molecule has 110 valence electrons. The van der Waals surface area contributed by atoms with Gasteiger partial charge in [-0.05, 0) is 24.7 Å². The number of nitrogens with zero attached hydrogens (tertiary/aromatic N) is 1. The maximum Gasteiger partial charge on any atom is 0.0936 e. The van der Waals surface area contributed by atoms with E-state index in [2.05, 4.69) is 24.1 Å². The lowest BCUT2D eigenvalue weighted by molar-refractivity contribution is -0.105. The van der Waals surface area contributed by atoms with Crippen molar-refractivity contribution in [1.29, 1.82) is 0 Å². The van der Waals surface area contributed by atoms with Crippen molar-refractivity contribution in [3.8, 4) is 0 Å². The van der Waals surface area contributed by atoms with Crippen molar-refractivity contribution in [3.63, 3.8) is 0 Å². The van der Waals surface area contributed by atoms with Crippen LogP contribution in [0.15, 0.2) is 0 Å². The van der Waals surface area contributed by atoms with Crippen molar-refractivity contribution in [2.45, 2.75) is 44.9 Å². The number of hydrogen-bond donors (Lipinski definition) is 1. The van der Waals surface area contributed by atoms with Crippen molar-refractivity contribution in [2.24, 2.45) is 11.8 Å². The molecule has 1 aliphatic carbocycles. The molecule has 3 atom stereocenters. The average molecular weight is 268 g/mol. The highest BCUT2D eigenvalue weighted by Gasteiger charge is 2.38. The summed E-state index contributed by atoms with van der Waals surface area (Å²) in [4.78, 5) is 2.66. The Balaban J connectivity index is 1.58. The molecule has 4 nitrogen and oxygen atoms in total. The third-order valence-electron chi connectivity index (χ3n) is 4.77. The molecule has 3 fully saturated rings. The lowest BCUT2D eigenvalue weighted by Crippen LogP contribution is -2.60. The summed E-state index contributed by atoms with van der Waals surface area (Å²) in [7, 11) is 0. The number of rotatable bonds is 4. The van der Waals surface area contributed by atoms with Gasteiger partial charge in [0.15, 0.2) is 0 Å². The van der Waals surface area contributed by atoms with E-state index >= 15 is 0 Å². The van der Waals surface area contributed by atoms with Crippen LogP contribution in [0.1, 0.15) is 26.7 Å². The summed E-state index contributed by atoms with van der Waals surface area (Å²) in [6.45, 7) is 10.3. The van der Waals surface area contributed by atoms with Crippen LogP contribution in [0.4, 0.5) is 0 Å². The molecule has 0 radical (unpaired) electrons. The van der Waals surface area contributed by atoms with Crippen LogP contribution in [0.5, 0.6) is 0 Å². The zero-order valence-electron chi connectivity index (χ0n) is 12.3. The summed E-state index contributed by atoms with van der Waals surface area (Å²) < 4.78 is 11.4. The fraction of sp³-hybridized carbons (Fsp3) is 1.00. The van der Waals surface area contributed by atoms with Crippen molar-refractivity contribution >= 4 is 0 Å². The first-order valence-electron chi connectivity index (χ1n) is 7.91. The quantitative estimate of drug-likeness (QED) is 0.828. The SMILES string of the molecule is CC(C)C1CNC(C2CC2)CN1CC1COCCO1. The molecule has 2 aliphatic heterocycles. The molecule has 0 amide bonds. The van der Waals surface area contributed by atoms with Crippen LogP contribution in [0, 0.1) is 11.8 Å². The molecule has 3 rings (SSSR count). The number of hydrogen-bond acceptors (Lipinski definition) is 4. The fourth-order valence-corrected chi connectivity index (χ4v) is 3.44. The molecular weight excluding hydrogens is 240 g/mol. The van der Waals surface area contributed by atoms with Gasteiger partial charge in [-0.25, -0.2) is 0 Å².